The molecule has 7 atom stereocenters. The highest BCUT2D eigenvalue weighted by molar-refractivity contribution is 8.13. The highest BCUT2D eigenvalue weighted by Gasteiger charge is 2.50. The van der Waals surface area contributed by atoms with E-state index in [0.29, 0.717) is 12.2 Å². The van der Waals surface area contributed by atoms with Gasteiger partial charge in [-0.2, -0.15) is 4.31 Å². The van der Waals surface area contributed by atoms with Gasteiger partial charge in [-0.05, 0) is 6.42 Å². The summed E-state index contributed by atoms with van der Waals surface area (Å²) in [6, 6.07) is 0. The van der Waals surface area contributed by atoms with Crippen molar-refractivity contribution in [3.05, 3.63) is 12.7 Å². The van der Waals surface area contributed by atoms with Gasteiger partial charge in [-0.3, -0.25) is 32.5 Å². The van der Waals surface area contributed by atoms with Crippen molar-refractivity contribution in [2.24, 2.45) is 5.41 Å². The van der Waals surface area contributed by atoms with Crippen LogP contribution < -0.4 is 16.4 Å². The number of carbonyl (C=O) groups excluding carboxylic acids is 3. The molecular formula is C29H50N7O17P3S. The molecule has 324 valence electrons. The summed E-state index contributed by atoms with van der Waals surface area (Å²) in [7, 11) is -16.4. The van der Waals surface area contributed by atoms with E-state index in [9.17, 15) is 57.9 Å². The Morgan fingerprint density at radius 3 is 2.37 bits per heavy atom. The van der Waals surface area contributed by atoms with Gasteiger partial charge in [0.05, 0.1) is 19.5 Å². The minimum atomic E-state index is -5.57. The summed E-state index contributed by atoms with van der Waals surface area (Å²) < 4.78 is 62.1. The number of hydrogen-bond acceptors (Lipinski definition) is 18. The first-order valence-electron chi connectivity index (χ1n) is 17.6. The van der Waals surface area contributed by atoms with E-state index in [1.165, 1.54) is 13.8 Å². The van der Waals surface area contributed by atoms with Gasteiger partial charge < -0.3 is 50.9 Å². The van der Waals surface area contributed by atoms with Crippen LogP contribution in [-0.4, -0.2) is 123 Å². The van der Waals surface area contributed by atoms with E-state index in [0.717, 1.165) is 61.1 Å². The molecule has 0 spiro atoms. The number of nitrogens with zero attached hydrogens (tertiary/aromatic N) is 4. The van der Waals surface area contributed by atoms with Gasteiger partial charge in [-0.15, -0.1) is 0 Å². The number of nitrogens with one attached hydrogen (secondary N) is 2. The number of imidazole rings is 1. The Labute approximate surface area is 331 Å². The summed E-state index contributed by atoms with van der Waals surface area (Å²) in [5, 5.41) is 26.5. The Hall–Kier alpha value is -2.44. The van der Waals surface area contributed by atoms with Crippen LogP contribution in [0.15, 0.2) is 12.7 Å². The molecule has 1 fully saturated rings. The number of anilines is 1. The number of phosphoric ester groups is 3. The zero-order chi connectivity index (χ0) is 42.6. The normalized spacial score (nSPS) is 21.5. The lowest BCUT2D eigenvalue weighted by Gasteiger charge is -2.30. The first-order valence-corrected chi connectivity index (χ1v) is 23.1. The number of rotatable bonds is 25. The maximum Gasteiger partial charge on any atom is 0.481 e. The molecule has 0 radical (unpaired) electrons. The number of fused-ring (bicyclic) bond motifs is 1. The van der Waals surface area contributed by atoms with Gasteiger partial charge in [-0.1, -0.05) is 58.2 Å². The minimum absolute atomic E-state index is 0.0325. The lowest BCUT2D eigenvalue weighted by atomic mass is 9.87. The largest absolute Gasteiger partial charge is 0.481 e. The number of unbranched alkanes of at least 4 members (excludes halogenated alkanes) is 4. The number of aromatic nitrogens is 4. The number of aliphatic hydroxyl groups is 2. The van der Waals surface area contributed by atoms with E-state index in [2.05, 4.69) is 41.3 Å². The molecule has 10 N–H and O–H groups in total. The molecule has 0 saturated carbocycles. The number of ether oxygens (including phenoxy) is 1. The lowest BCUT2D eigenvalue weighted by Crippen LogP contribution is -2.46. The minimum Gasteiger partial charge on any atom is -0.386 e. The van der Waals surface area contributed by atoms with Crippen molar-refractivity contribution < 1.29 is 80.5 Å². The van der Waals surface area contributed by atoms with Crippen LogP contribution in [0.4, 0.5) is 5.82 Å². The molecule has 2 aromatic rings. The van der Waals surface area contributed by atoms with Crippen LogP contribution in [0.1, 0.15) is 71.9 Å². The van der Waals surface area contributed by atoms with Crippen molar-refractivity contribution in [2.75, 3.05) is 37.8 Å². The Kier molecular flexibility index (Phi) is 18.6. The second-order valence-corrected chi connectivity index (χ2v) is 18.8. The third-order valence-electron chi connectivity index (χ3n) is 8.25. The fourth-order valence-electron chi connectivity index (χ4n) is 5.24. The van der Waals surface area contributed by atoms with Gasteiger partial charge in [-0.25, -0.2) is 28.6 Å². The van der Waals surface area contributed by atoms with Crippen LogP contribution >= 0.6 is 35.2 Å². The Balaban J connectivity index is 1.45. The average molecular weight is 894 g/mol. The quantitative estimate of drug-likeness (QED) is 0.0496. The van der Waals surface area contributed by atoms with E-state index < -0.39 is 84.6 Å². The SMILES string of the molecule is CCCCCCCC(=O)SCCNC(=O)CCNC(=O)C(O)C(C)(C)COP(=O)(O)OP(=O)(O)OC[C@H]1O[C@@H](n2cnc3c(N)ncnc32)C(O)[C@@H]1OP(=O)(O)O. The van der Waals surface area contributed by atoms with E-state index in [-0.39, 0.29) is 41.6 Å². The maximum atomic E-state index is 12.7. The van der Waals surface area contributed by atoms with Gasteiger partial charge in [0.1, 0.15) is 36.3 Å². The van der Waals surface area contributed by atoms with Crippen molar-refractivity contribution in [3.8, 4) is 0 Å². The summed E-state index contributed by atoms with van der Waals surface area (Å²) in [4.78, 5) is 87.6. The fourth-order valence-corrected chi connectivity index (χ4v) is 8.79. The van der Waals surface area contributed by atoms with E-state index in [4.69, 9.17) is 19.5 Å². The molecule has 0 aromatic carbocycles. The first kappa shape index (κ1) is 48.9. The van der Waals surface area contributed by atoms with Gasteiger partial charge in [0, 0.05) is 37.1 Å². The van der Waals surface area contributed by atoms with Crippen LogP contribution in [0.3, 0.4) is 0 Å². The molecule has 0 aliphatic carbocycles. The number of aliphatic hydroxyl groups excluding tert-OH is 2. The van der Waals surface area contributed by atoms with Crippen LogP contribution in [0.2, 0.25) is 0 Å². The predicted molar refractivity (Wildman–Crippen MR) is 200 cm³/mol. The van der Waals surface area contributed by atoms with Crippen molar-refractivity contribution in [2.45, 2.75) is 96.4 Å². The molecule has 57 heavy (non-hydrogen) atoms. The predicted octanol–water partition coefficient (Wildman–Crippen LogP) is 1.03. The van der Waals surface area contributed by atoms with E-state index >= 15 is 0 Å². The van der Waals surface area contributed by atoms with Crippen LogP contribution in [0, 0.1) is 5.41 Å². The number of carbonyl (C=O) groups is 3. The Bertz CT molecular complexity index is 1820. The van der Waals surface area contributed by atoms with Crippen LogP contribution in [0.5, 0.6) is 0 Å². The van der Waals surface area contributed by atoms with Gasteiger partial charge in [0.15, 0.2) is 22.8 Å². The standard InChI is InChI=1S/C29H50N7O17P3S/c1-4-5-6-7-8-9-20(38)57-13-12-31-19(37)10-11-32-27(41)24(40)29(2,3)15-50-56(47,48)53-55(45,46)49-14-18-23(52-54(42,43)44)22(39)28(51-18)36-17-35-21-25(30)33-16-34-26(21)36/h16-18,22-24,28,39-40H,4-15H2,1-3H3,(H,31,37)(H,32,41)(H,45,46)(H,47,48)(H2,30,33,34)(H2,42,43,44)/t18-,22?,23-,24?,28-/m1/s1. The van der Waals surface area contributed by atoms with Crippen LogP contribution in [0.25, 0.3) is 11.2 Å². The van der Waals surface area contributed by atoms with Crippen LogP contribution in [-0.2, 0) is 50.7 Å². The van der Waals surface area contributed by atoms with Gasteiger partial charge in [0.25, 0.3) is 0 Å². The zero-order valence-electron chi connectivity index (χ0n) is 31.3. The third kappa shape index (κ3) is 15.9. The van der Waals surface area contributed by atoms with Crippen molar-refractivity contribution in [3.63, 3.8) is 0 Å². The number of amides is 2. The first-order chi connectivity index (χ1) is 26.6. The van der Waals surface area contributed by atoms with E-state index in [1.807, 2.05) is 0 Å². The highest BCUT2D eigenvalue weighted by atomic mass is 32.2. The summed E-state index contributed by atoms with van der Waals surface area (Å²) in [5.41, 5.74) is 4.27. The Morgan fingerprint density at radius 2 is 1.68 bits per heavy atom. The second-order valence-electron chi connectivity index (χ2n) is 13.5. The number of nitrogens with two attached hydrogens (primary N) is 1. The number of hydrogen-bond donors (Lipinski definition) is 9. The number of phosphoric acid groups is 3. The summed E-state index contributed by atoms with van der Waals surface area (Å²) in [6.07, 6.45) is -1.22. The van der Waals surface area contributed by atoms with Gasteiger partial charge in [0.2, 0.25) is 11.8 Å². The molecule has 28 heteroatoms. The molecule has 2 amide bonds. The van der Waals surface area contributed by atoms with Crippen molar-refractivity contribution >= 4 is 69.1 Å². The smallest absolute Gasteiger partial charge is 0.386 e. The molecule has 1 aliphatic heterocycles. The Morgan fingerprint density at radius 1 is 1.00 bits per heavy atom. The lowest BCUT2D eigenvalue weighted by molar-refractivity contribution is -0.137. The molecule has 1 saturated heterocycles. The molecule has 24 nitrogen and oxygen atoms in total. The second kappa shape index (κ2) is 21.7. The van der Waals surface area contributed by atoms with Crippen molar-refractivity contribution in [1.29, 1.82) is 0 Å². The topological polar surface area (TPSA) is 364 Å². The molecule has 4 unspecified atom stereocenters. The van der Waals surface area contributed by atoms with E-state index in [1.54, 1.807) is 0 Å². The van der Waals surface area contributed by atoms with Crippen molar-refractivity contribution in [1.82, 2.24) is 30.2 Å². The summed E-state index contributed by atoms with van der Waals surface area (Å²) in [6.45, 7) is 2.67. The summed E-state index contributed by atoms with van der Waals surface area (Å²) >= 11 is 1.13. The molecule has 2 aromatic heterocycles. The third-order valence-corrected chi connectivity index (χ3v) is 12.3. The molecule has 1 aliphatic rings. The molecule has 3 rings (SSSR count). The maximum absolute atomic E-state index is 12.7. The molecular weight excluding hydrogens is 843 g/mol. The zero-order valence-corrected chi connectivity index (χ0v) is 34.8. The number of thioether (sulfide) groups is 1. The molecule has 0 bridgehead atoms. The highest BCUT2D eigenvalue weighted by Crippen LogP contribution is 2.61. The van der Waals surface area contributed by atoms with Gasteiger partial charge >= 0.3 is 23.5 Å². The average Bonchev–Trinajstić information content (AvgIpc) is 3.68. The molecule has 3 heterocycles. The fraction of sp³-hybridized carbons (Fsp3) is 0.724. The number of nitrogen functional groups attached to an aromatic ring is 1. The monoisotopic (exact) mass is 893 g/mol. The summed E-state index contributed by atoms with van der Waals surface area (Å²) in [5.74, 6) is -1.03.